The van der Waals surface area contributed by atoms with E-state index in [1.165, 1.54) is 70.6 Å². The minimum Gasteiger partial charge on any atom is -0.396 e. The Kier molecular flexibility index (Phi) is 16.6. The highest BCUT2D eigenvalue weighted by molar-refractivity contribution is 7.80. The average Bonchev–Trinajstić information content (AvgIpc) is 2.49. The molecule has 0 aromatic rings. The van der Waals surface area contributed by atoms with E-state index in [1.807, 2.05) is 0 Å². The number of hydrogen-bond acceptors (Lipinski definition) is 4. The largest absolute Gasteiger partial charge is 0.397 e. The summed E-state index contributed by atoms with van der Waals surface area (Å²) in [4.78, 5) is 0. The second kappa shape index (κ2) is 16.7. The van der Waals surface area contributed by atoms with Gasteiger partial charge >= 0.3 is 10.4 Å². The maximum absolute atomic E-state index is 10.3. The number of aliphatic hydroxyl groups is 1. The van der Waals surface area contributed by atoms with Crippen molar-refractivity contribution in [1.82, 2.24) is 0 Å². The molecule has 0 rings (SSSR count). The van der Waals surface area contributed by atoms with Gasteiger partial charge in [0, 0.05) is 6.61 Å². The molecule has 0 amide bonds. The van der Waals surface area contributed by atoms with E-state index in [9.17, 15) is 8.42 Å². The van der Waals surface area contributed by atoms with Crippen LogP contribution in [-0.2, 0) is 14.6 Å². The van der Waals surface area contributed by atoms with Crippen LogP contribution in [0.5, 0.6) is 0 Å². The molecule has 23 heavy (non-hydrogen) atoms. The lowest BCUT2D eigenvalue weighted by Gasteiger charge is -2.03. The minimum absolute atomic E-state index is 0.0822. The van der Waals surface area contributed by atoms with Crippen molar-refractivity contribution in [2.24, 2.45) is 0 Å². The lowest BCUT2D eigenvalue weighted by molar-refractivity contribution is 0.261. The minimum atomic E-state index is -4.25. The summed E-state index contributed by atoms with van der Waals surface area (Å²) in [5.41, 5.74) is 0. The van der Waals surface area contributed by atoms with Crippen LogP contribution in [0.2, 0.25) is 0 Å². The number of unbranched alkanes of at least 4 members (excludes halogenated alkanes) is 14. The molecule has 0 aliphatic heterocycles. The van der Waals surface area contributed by atoms with Crippen molar-refractivity contribution in [2.45, 2.75) is 96.3 Å². The van der Waals surface area contributed by atoms with Crippen molar-refractivity contribution in [2.75, 3.05) is 13.2 Å². The second-order valence-electron chi connectivity index (χ2n) is 6.28. The van der Waals surface area contributed by atoms with Crippen LogP contribution in [-0.4, -0.2) is 31.3 Å². The number of hydrogen-bond donors (Lipinski definition) is 2. The van der Waals surface area contributed by atoms with Gasteiger partial charge in [-0.15, -0.1) is 0 Å². The molecule has 0 aliphatic rings. The van der Waals surface area contributed by atoms with Crippen molar-refractivity contribution in [1.29, 1.82) is 0 Å². The van der Waals surface area contributed by atoms with Gasteiger partial charge in [0.1, 0.15) is 0 Å². The lowest BCUT2D eigenvalue weighted by atomic mass is 10.0. The summed E-state index contributed by atoms with van der Waals surface area (Å²) in [6, 6.07) is 0. The summed E-state index contributed by atoms with van der Waals surface area (Å²) in [5, 5.41) is 8.67. The molecule has 0 aromatic heterocycles. The fourth-order valence-corrected chi connectivity index (χ4v) is 3.00. The molecule has 2 N–H and O–H groups in total. The zero-order chi connectivity index (χ0) is 17.2. The molecule has 0 atom stereocenters. The molecule has 0 heterocycles. The Balaban J connectivity index is 3.03. The molecule has 0 unspecified atom stereocenters. The Labute approximate surface area is 142 Å². The summed E-state index contributed by atoms with van der Waals surface area (Å²) < 4.78 is 33.3. The molecule has 0 spiro atoms. The maximum Gasteiger partial charge on any atom is 0.397 e. The van der Waals surface area contributed by atoms with E-state index in [-0.39, 0.29) is 6.61 Å². The summed E-state index contributed by atoms with van der Waals surface area (Å²) in [6.45, 7) is 0.414. The predicted molar refractivity (Wildman–Crippen MR) is 93.8 cm³/mol. The van der Waals surface area contributed by atoms with Gasteiger partial charge in [0.2, 0.25) is 0 Å². The molecule has 0 fully saturated rings. The first-order valence-electron chi connectivity index (χ1n) is 9.29. The van der Waals surface area contributed by atoms with Gasteiger partial charge in [-0.2, -0.15) is 8.42 Å². The highest BCUT2D eigenvalue weighted by Gasteiger charge is 2.02. The van der Waals surface area contributed by atoms with E-state index >= 15 is 0 Å². The Bertz CT molecular complexity index is 330. The third-order valence-corrected chi connectivity index (χ3v) is 4.50. The van der Waals surface area contributed by atoms with Crippen LogP contribution in [0.25, 0.3) is 0 Å². The van der Waals surface area contributed by atoms with E-state index in [4.69, 9.17) is 9.66 Å². The Morgan fingerprint density at radius 3 is 1.17 bits per heavy atom. The zero-order valence-electron chi connectivity index (χ0n) is 14.5. The summed E-state index contributed by atoms with van der Waals surface area (Å²) in [6.07, 6.45) is 17.8. The maximum atomic E-state index is 10.3. The molecular formula is C17H36O5S. The molecule has 0 saturated heterocycles. The summed E-state index contributed by atoms with van der Waals surface area (Å²) in [5.74, 6) is 0. The Morgan fingerprint density at radius 1 is 0.565 bits per heavy atom. The van der Waals surface area contributed by atoms with Gasteiger partial charge in [-0.1, -0.05) is 83.5 Å². The highest BCUT2D eigenvalue weighted by atomic mass is 32.3. The first-order chi connectivity index (χ1) is 11.1. The van der Waals surface area contributed by atoms with Crippen LogP contribution in [0.3, 0.4) is 0 Å². The fourth-order valence-electron chi connectivity index (χ4n) is 2.68. The molecule has 0 radical (unpaired) electrons. The van der Waals surface area contributed by atoms with E-state index < -0.39 is 10.4 Å². The smallest absolute Gasteiger partial charge is 0.396 e. The number of aliphatic hydroxyl groups excluding tert-OH is 1. The normalized spacial score (nSPS) is 11.9. The lowest BCUT2D eigenvalue weighted by Crippen LogP contribution is -2.04. The third-order valence-electron chi connectivity index (χ3n) is 4.03. The van der Waals surface area contributed by atoms with Crippen molar-refractivity contribution >= 4 is 10.4 Å². The number of rotatable bonds is 18. The first-order valence-corrected chi connectivity index (χ1v) is 10.7. The average molecular weight is 353 g/mol. The molecule has 0 saturated carbocycles. The first kappa shape index (κ1) is 22.8. The van der Waals surface area contributed by atoms with Crippen molar-refractivity contribution in [3.8, 4) is 0 Å². The predicted octanol–water partition coefficient (Wildman–Crippen LogP) is 4.65. The van der Waals surface area contributed by atoms with Crippen LogP contribution in [0.4, 0.5) is 0 Å². The quantitative estimate of drug-likeness (QED) is 0.277. The van der Waals surface area contributed by atoms with Gasteiger partial charge in [0.25, 0.3) is 0 Å². The van der Waals surface area contributed by atoms with Gasteiger partial charge in [0.15, 0.2) is 0 Å². The molecule has 0 aliphatic carbocycles. The zero-order valence-corrected chi connectivity index (χ0v) is 15.4. The van der Waals surface area contributed by atoms with Crippen molar-refractivity contribution in [3.05, 3.63) is 0 Å². The summed E-state index contributed by atoms with van der Waals surface area (Å²) in [7, 11) is -4.25. The second-order valence-corrected chi connectivity index (χ2v) is 7.37. The van der Waals surface area contributed by atoms with E-state index in [2.05, 4.69) is 4.18 Å². The standard InChI is InChI=1S/C17H36O5S/c18-16-14-12-10-8-6-4-2-1-3-5-7-9-11-13-15-17-22-23(19,20)21/h18H,1-17H2,(H,19,20,21). The highest BCUT2D eigenvalue weighted by Crippen LogP contribution is 2.13. The molecule has 0 bridgehead atoms. The molecule has 140 valence electrons. The van der Waals surface area contributed by atoms with Crippen LogP contribution in [0.1, 0.15) is 96.3 Å². The molecular weight excluding hydrogens is 316 g/mol. The van der Waals surface area contributed by atoms with E-state index in [0.29, 0.717) is 13.0 Å². The van der Waals surface area contributed by atoms with Gasteiger partial charge in [0.05, 0.1) is 6.61 Å². The SMILES string of the molecule is O=S(=O)(O)OCCCCCCCCCCCCCCCCCO. The van der Waals surface area contributed by atoms with Gasteiger partial charge in [-0.05, 0) is 12.8 Å². The van der Waals surface area contributed by atoms with Gasteiger partial charge in [-0.3, -0.25) is 4.55 Å². The van der Waals surface area contributed by atoms with Crippen LogP contribution in [0, 0.1) is 0 Å². The van der Waals surface area contributed by atoms with Gasteiger partial charge in [-0.25, -0.2) is 4.18 Å². The van der Waals surface area contributed by atoms with Crippen LogP contribution < -0.4 is 0 Å². The monoisotopic (exact) mass is 352 g/mol. The molecule has 0 aromatic carbocycles. The summed E-state index contributed by atoms with van der Waals surface area (Å²) >= 11 is 0. The van der Waals surface area contributed by atoms with Gasteiger partial charge < -0.3 is 5.11 Å². The van der Waals surface area contributed by atoms with E-state index in [0.717, 1.165) is 19.3 Å². The van der Waals surface area contributed by atoms with E-state index in [1.54, 1.807) is 0 Å². The third kappa shape index (κ3) is 21.8. The topological polar surface area (TPSA) is 83.8 Å². The molecule has 6 heteroatoms. The fraction of sp³-hybridized carbons (Fsp3) is 1.00. The van der Waals surface area contributed by atoms with Crippen LogP contribution in [0.15, 0.2) is 0 Å². The van der Waals surface area contributed by atoms with Crippen LogP contribution >= 0.6 is 0 Å². The van der Waals surface area contributed by atoms with Crippen molar-refractivity contribution < 1.29 is 22.3 Å². The molecule has 5 nitrogen and oxygen atoms in total. The van der Waals surface area contributed by atoms with Crippen molar-refractivity contribution in [3.63, 3.8) is 0 Å². The Hall–Kier alpha value is -0.170. The Morgan fingerprint density at radius 2 is 0.870 bits per heavy atom.